The summed E-state index contributed by atoms with van der Waals surface area (Å²) in [6.45, 7) is 4.15. The molecule has 0 fully saturated rings. The highest BCUT2D eigenvalue weighted by molar-refractivity contribution is 7.47. The number of likely N-dealkylation sites (N-methyl/N-ethyl adjacent to an activating group) is 1. The molecule has 0 aromatic carbocycles. The topological polar surface area (TPSA) is 108 Å². The Hall–Kier alpha value is -4.37. The van der Waals surface area contributed by atoms with Crippen molar-refractivity contribution in [3.8, 4) is 0 Å². The molecule has 524 valence electrons. The van der Waals surface area contributed by atoms with Crippen molar-refractivity contribution < 1.29 is 42.1 Å². The van der Waals surface area contributed by atoms with Gasteiger partial charge in [-0.2, -0.15) is 0 Å². The average molecular weight is 1300 g/mol. The van der Waals surface area contributed by atoms with Crippen LogP contribution in [0, 0.1) is 0 Å². The molecule has 0 aromatic rings. The van der Waals surface area contributed by atoms with E-state index < -0.39 is 26.5 Å². The molecule has 0 saturated heterocycles. The van der Waals surface area contributed by atoms with E-state index in [0.29, 0.717) is 23.9 Å². The van der Waals surface area contributed by atoms with E-state index in [4.69, 9.17) is 18.5 Å². The second kappa shape index (κ2) is 70.9. The van der Waals surface area contributed by atoms with Gasteiger partial charge in [-0.15, -0.1) is 0 Å². The Morgan fingerprint density at radius 3 is 0.902 bits per heavy atom. The van der Waals surface area contributed by atoms with Crippen molar-refractivity contribution in [2.24, 2.45) is 0 Å². The normalized spacial score (nSPS) is 14.0. The molecular weight excluding hydrogens is 1160 g/mol. The van der Waals surface area contributed by atoms with Crippen molar-refractivity contribution in [2.75, 3.05) is 47.5 Å². The first-order valence-electron chi connectivity index (χ1n) is 37.2. The number of nitrogens with zero attached hydrogens (tertiary/aromatic N) is 1. The van der Waals surface area contributed by atoms with Crippen molar-refractivity contribution >= 4 is 19.8 Å². The lowest BCUT2D eigenvalue weighted by atomic mass is 10.0. The van der Waals surface area contributed by atoms with E-state index in [9.17, 15) is 19.0 Å². The first-order chi connectivity index (χ1) is 45.0. The number of hydrogen-bond acceptors (Lipinski definition) is 7. The fraction of sp³-hybridized carbons (Fsp3) is 0.659. The van der Waals surface area contributed by atoms with Crippen LogP contribution in [0.15, 0.2) is 158 Å². The SMILES string of the molecule is CC/C=C\C/C=C\C/C=C\C/C=C\C/C=C\C/C=C\C/C=C\C/C=C\C/C=C\CCCC(=O)OC(COC(=O)CCCCCCCCCCCCCCCCCCCCCCCCCCCC/C=C\C/C=C\C/C=C\C/C=C\CC)COP(=O)(O)OCC[N+](C)(C)C. The molecule has 0 aliphatic carbocycles. The summed E-state index contributed by atoms with van der Waals surface area (Å²) < 4.78 is 34.7. The molecule has 0 amide bonds. The number of quaternary nitrogens is 1. The molecule has 0 rings (SSSR count). The standard InChI is InChI=1S/C82H138NO8P/c1-6-8-10-12-14-16-18-20-22-24-26-28-30-32-34-36-37-38-39-40-41-42-43-44-45-47-48-50-52-54-56-58-60-62-64-66-68-70-72-74-81(84)88-78-80(79-90-92(86,87)89-77-76-83(3,4)5)91-82(85)75-73-71-69-67-65-63-61-59-57-55-53-51-49-46-35-33-31-29-27-25-23-21-19-17-15-13-11-9-7-2/h8-11,14-17,20-23,26-29,33,35,49,51,55,57,61,63,67,69,80H,6-7,12-13,18-19,24-25,30-32,34,36-48,50,52-54,56,58-60,62,64-66,68,70-79H2,1-5H3/p+1/b10-8-,11-9-,16-14-,17-15-,22-20-,23-21-,28-26-,29-27-,35-33-,51-49-,57-55-,63-61-,69-67-. The van der Waals surface area contributed by atoms with Crippen LogP contribution in [0.2, 0.25) is 0 Å². The maximum Gasteiger partial charge on any atom is 0.472 e. The summed E-state index contributed by atoms with van der Waals surface area (Å²) >= 11 is 0. The molecule has 0 saturated carbocycles. The van der Waals surface area contributed by atoms with Gasteiger partial charge in [-0.3, -0.25) is 18.6 Å². The Kier molecular flexibility index (Phi) is 67.6. The van der Waals surface area contributed by atoms with Gasteiger partial charge >= 0.3 is 19.8 Å². The minimum Gasteiger partial charge on any atom is -0.462 e. The van der Waals surface area contributed by atoms with Gasteiger partial charge in [0, 0.05) is 12.8 Å². The molecule has 92 heavy (non-hydrogen) atoms. The van der Waals surface area contributed by atoms with Crippen LogP contribution in [0.5, 0.6) is 0 Å². The average Bonchev–Trinajstić information content (AvgIpc) is 2.14. The molecule has 2 unspecified atom stereocenters. The molecule has 0 heterocycles. The van der Waals surface area contributed by atoms with Crippen molar-refractivity contribution in [1.29, 1.82) is 0 Å². The Labute approximate surface area is 566 Å². The Morgan fingerprint density at radius 2 is 0.598 bits per heavy atom. The van der Waals surface area contributed by atoms with Crippen molar-refractivity contribution in [3.63, 3.8) is 0 Å². The summed E-state index contributed by atoms with van der Waals surface area (Å²) in [5.41, 5.74) is 0. The van der Waals surface area contributed by atoms with E-state index in [0.717, 1.165) is 103 Å². The highest BCUT2D eigenvalue weighted by Gasteiger charge is 2.27. The Balaban J connectivity index is 4.06. The number of phosphoric ester groups is 1. The zero-order valence-electron chi connectivity index (χ0n) is 59.7. The second-order valence-corrected chi connectivity index (χ2v) is 27.0. The first-order valence-corrected chi connectivity index (χ1v) is 38.7. The number of allylic oxidation sites excluding steroid dienone is 26. The van der Waals surface area contributed by atoms with Crippen LogP contribution >= 0.6 is 7.82 Å². The van der Waals surface area contributed by atoms with Crippen molar-refractivity contribution in [1.82, 2.24) is 0 Å². The van der Waals surface area contributed by atoms with Crippen LogP contribution in [-0.2, 0) is 32.7 Å². The molecule has 0 aromatic heterocycles. The predicted molar refractivity (Wildman–Crippen MR) is 399 cm³/mol. The van der Waals surface area contributed by atoms with Gasteiger partial charge in [0.25, 0.3) is 0 Å². The molecule has 0 spiro atoms. The van der Waals surface area contributed by atoms with Gasteiger partial charge in [0.1, 0.15) is 19.8 Å². The summed E-state index contributed by atoms with van der Waals surface area (Å²) in [4.78, 5) is 35.9. The second-order valence-electron chi connectivity index (χ2n) is 25.6. The number of carbonyl (C=O) groups excluding carboxylic acids is 2. The van der Waals surface area contributed by atoms with Gasteiger partial charge in [-0.05, 0) is 116 Å². The molecule has 2 atom stereocenters. The summed E-state index contributed by atoms with van der Waals surface area (Å²) in [6, 6.07) is 0. The Bertz CT molecular complexity index is 2110. The number of hydrogen-bond donors (Lipinski definition) is 1. The summed E-state index contributed by atoms with van der Waals surface area (Å²) in [5, 5.41) is 0. The molecule has 0 bridgehead atoms. The third-order valence-electron chi connectivity index (χ3n) is 15.6. The zero-order chi connectivity index (χ0) is 66.9. The molecule has 10 heteroatoms. The van der Waals surface area contributed by atoms with Gasteiger partial charge in [0.2, 0.25) is 0 Å². The van der Waals surface area contributed by atoms with Crippen LogP contribution < -0.4 is 0 Å². The van der Waals surface area contributed by atoms with Gasteiger partial charge in [0.15, 0.2) is 6.10 Å². The first kappa shape index (κ1) is 87.6. The highest BCUT2D eigenvalue weighted by Crippen LogP contribution is 2.43. The van der Waals surface area contributed by atoms with Crippen LogP contribution in [0.4, 0.5) is 0 Å². The number of unbranched alkanes of at least 4 members (excludes halogenated alkanes) is 27. The van der Waals surface area contributed by atoms with Crippen molar-refractivity contribution in [2.45, 2.75) is 302 Å². The molecule has 9 nitrogen and oxygen atoms in total. The van der Waals surface area contributed by atoms with E-state index in [2.05, 4.69) is 172 Å². The van der Waals surface area contributed by atoms with E-state index in [1.807, 2.05) is 21.1 Å². The summed E-state index contributed by atoms with van der Waals surface area (Å²) in [5.74, 6) is -0.867. The molecular formula is C82H139NO8P+. The van der Waals surface area contributed by atoms with E-state index in [-0.39, 0.29) is 32.0 Å². The Morgan fingerprint density at radius 1 is 0.337 bits per heavy atom. The number of phosphoric acid groups is 1. The molecule has 0 aliphatic rings. The number of ether oxygens (including phenoxy) is 2. The number of esters is 2. The van der Waals surface area contributed by atoms with Crippen LogP contribution in [0.25, 0.3) is 0 Å². The third-order valence-corrected chi connectivity index (χ3v) is 16.5. The number of carbonyl (C=O) groups is 2. The fourth-order valence-electron chi connectivity index (χ4n) is 9.95. The van der Waals surface area contributed by atoms with E-state index in [1.165, 1.54) is 154 Å². The zero-order valence-corrected chi connectivity index (χ0v) is 60.6. The minimum absolute atomic E-state index is 0.0143. The number of rotatable bonds is 67. The molecule has 0 aliphatic heterocycles. The monoisotopic (exact) mass is 1300 g/mol. The molecule has 0 radical (unpaired) electrons. The van der Waals surface area contributed by atoms with Crippen LogP contribution in [0.1, 0.15) is 296 Å². The maximum atomic E-state index is 12.9. The lowest BCUT2D eigenvalue weighted by Gasteiger charge is -2.24. The fourth-order valence-corrected chi connectivity index (χ4v) is 10.7. The highest BCUT2D eigenvalue weighted by atomic mass is 31.2. The van der Waals surface area contributed by atoms with Gasteiger partial charge in [-0.1, -0.05) is 326 Å². The summed E-state index contributed by atoms with van der Waals surface area (Å²) in [6.07, 6.45) is 107. The smallest absolute Gasteiger partial charge is 0.462 e. The minimum atomic E-state index is -4.42. The van der Waals surface area contributed by atoms with Crippen molar-refractivity contribution in [3.05, 3.63) is 158 Å². The van der Waals surface area contributed by atoms with Gasteiger partial charge in [0.05, 0.1) is 27.7 Å². The predicted octanol–water partition coefficient (Wildman–Crippen LogP) is 24.7. The largest absolute Gasteiger partial charge is 0.472 e. The lowest BCUT2D eigenvalue weighted by molar-refractivity contribution is -0.870. The van der Waals surface area contributed by atoms with Crippen LogP contribution in [0.3, 0.4) is 0 Å². The quantitative estimate of drug-likeness (QED) is 0.0211. The maximum absolute atomic E-state index is 12.9. The lowest BCUT2D eigenvalue weighted by Crippen LogP contribution is -2.37. The van der Waals surface area contributed by atoms with Crippen LogP contribution in [-0.4, -0.2) is 74.9 Å². The van der Waals surface area contributed by atoms with Gasteiger partial charge < -0.3 is 18.9 Å². The molecule has 1 N–H and O–H groups in total. The van der Waals surface area contributed by atoms with E-state index in [1.54, 1.807) is 0 Å². The van der Waals surface area contributed by atoms with E-state index >= 15 is 0 Å². The van der Waals surface area contributed by atoms with Gasteiger partial charge in [-0.25, -0.2) is 4.57 Å². The third kappa shape index (κ3) is 74.7. The summed E-state index contributed by atoms with van der Waals surface area (Å²) in [7, 11) is 1.43.